The molecule has 0 radical (unpaired) electrons. The molecule has 4 nitrogen and oxygen atoms in total. The van der Waals surface area contributed by atoms with E-state index in [2.05, 4.69) is 5.16 Å². The third kappa shape index (κ3) is 2.19. The van der Waals surface area contributed by atoms with Crippen LogP contribution in [0.3, 0.4) is 0 Å². The van der Waals surface area contributed by atoms with Crippen LogP contribution < -0.4 is 4.74 Å². The number of nitrogens with zero attached hydrogens (tertiary/aromatic N) is 1. The van der Waals surface area contributed by atoms with Crippen molar-refractivity contribution in [1.82, 2.24) is 5.16 Å². The van der Waals surface area contributed by atoms with Crippen LogP contribution in [0.1, 0.15) is 40.4 Å². The summed E-state index contributed by atoms with van der Waals surface area (Å²) in [4.78, 5) is 12.6. The van der Waals surface area contributed by atoms with Gasteiger partial charge in [0.1, 0.15) is 0 Å². The molecular formula is C14H11Cl2NO3. The van der Waals surface area contributed by atoms with E-state index in [1.54, 1.807) is 12.1 Å². The molecule has 0 unspecified atom stereocenters. The van der Waals surface area contributed by atoms with Gasteiger partial charge in [-0.05, 0) is 25.0 Å². The topological polar surface area (TPSA) is 52.3 Å². The number of methoxy groups -OCH3 is 1. The minimum Gasteiger partial charge on any atom is -0.494 e. The molecule has 1 fully saturated rings. The molecule has 104 valence electrons. The van der Waals surface area contributed by atoms with E-state index in [1.165, 1.54) is 13.3 Å². The number of aromatic nitrogens is 1. The second-order valence-corrected chi connectivity index (χ2v) is 5.43. The van der Waals surface area contributed by atoms with Crippen molar-refractivity contribution in [3.63, 3.8) is 0 Å². The number of rotatable bonds is 4. The fourth-order valence-corrected chi connectivity index (χ4v) is 2.71. The molecule has 0 amide bonds. The van der Waals surface area contributed by atoms with E-state index in [1.807, 2.05) is 0 Å². The van der Waals surface area contributed by atoms with Gasteiger partial charge in [0.25, 0.3) is 0 Å². The number of ether oxygens (including phenoxy) is 1. The highest BCUT2D eigenvalue weighted by atomic mass is 35.5. The minimum atomic E-state index is -0.229. The zero-order valence-electron chi connectivity index (χ0n) is 10.7. The van der Waals surface area contributed by atoms with Crippen LogP contribution in [-0.2, 0) is 0 Å². The molecule has 3 rings (SSSR count). The largest absolute Gasteiger partial charge is 0.494 e. The predicted molar refractivity (Wildman–Crippen MR) is 74.9 cm³/mol. The summed E-state index contributed by atoms with van der Waals surface area (Å²) in [5.74, 6) is 1.00. The summed E-state index contributed by atoms with van der Waals surface area (Å²) >= 11 is 12.2. The first-order valence-corrected chi connectivity index (χ1v) is 6.90. The molecule has 1 aliphatic rings. The molecule has 1 heterocycles. The van der Waals surface area contributed by atoms with E-state index in [4.69, 9.17) is 32.5 Å². The van der Waals surface area contributed by atoms with Crippen LogP contribution in [0.15, 0.2) is 22.9 Å². The average Bonchev–Trinajstić information content (AvgIpc) is 3.16. The maximum absolute atomic E-state index is 12.6. The lowest BCUT2D eigenvalue weighted by Gasteiger charge is -2.09. The van der Waals surface area contributed by atoms with Gasteiger partial charge in [-0.2, -0.15) is 0 Å². The predicted octanol–water partition coefficient (Wildman–Crippen LogP) is 4.10. The number of hydrogen-bond acceptors (Lipinski definition) is 4. The number of carbonyl (C=O) groups excluding carboxylic acids is 1. The quantitative estimate of drug-likeness (QED) is 0.798. The van der Waals surface area contributed by atoms with Crippen molar-refractivity contribution in [1.29, 1.82) is 0 Å². The molecule has 1 aliphatic carbocycles. The molecule has 1 aromatic carbocycles. The summed E-state index contributed by atoms with van der Waals surface area (Å²) in [7, 11) is 1.45. The SMILES string of the molecule is COc1c(Cl)ccc(C(=O)c2cnoc2C2CC2)c1Cl. The van der Waals surface area contributed by atoms with E-state index in [-0.39, 0.29) is 10.8 Å². The van der Waals surface area contributed by atoms with Crippen molar-refractivity contribution >= 4 is 29.0 Å². The van der Waals surface area contributed by atoms with Gasteiger partial charge in [0.2, 0.25) is 0 Å². The third-order valence-corrected chi connectivity index (χ3v) is 3.96. The van der Waals surface area contributed by atoms with Crippen LogP contribution >= 0.6 is 23.2 Å². The lowest BCUT2D eigenvalue weighted by molar-refractivity contribution is 0.103. The summed E-state index contributed by atoms with van der Waals surface area (Å²) in [6.45, 7) is 0. The zero-order chi connectivity index (χ0) is 14.3. The Morgan fingerprint density at radius 2 is 2.10 bits per heavy atom. The molecule has 0 saturated heterocycles. The second kappa shape index (κ2) is 5.11. The lowest BCUT2D eigenvalue weighted by Crippen LogP contribution is -2.04. The van der Waals surface area contributed by atoms with E-state index in [0.717, 1.165) is 12.8 Å². The molecule has 0 spiro atoms. The Bertz CT molecular complexity index is 677. The summed E-state index contributed by atoms with van der Waals surface area (Å²) < 4.78 is 10.3. The Morgan fingerprint density at radius 3 is 2.75 bits per heavy atom. The molecule has 20 heavy (non-hydrogen) atoms. The van der Waals surface area contributed by atoms with Gasteiger partial charge in [-0.3, -0.25) is 4.79 Å². The highest BCUT2D eigenvalue weighted by molar-refractivity contribution is 6.40. The van der Waals surface area contributed by atoms with Gasteiger partial charge in [0, 0.05) is 11.5 Å². The Morgan fingerprint density at radius 1 is 1.35 bits per heavy atom. The first-order valence-electron chi connectivity index (χ1n) is 6.14. The number of hydrogen-bond donors (Lipinski definition) is 0. The number of halogens is 2. The highest BCUT2D eigenvalue weighted by Gasteiger charge is 2.33. The van der Waals surface area contributed by atoms with Gasteiger partial charge < -0.3 is 9.26 Å². The van der Waals surface area contributed by atoms with Crippen LogP contribution in [0.4, 0.5) is 0 Å². The van der Waals surface area contributed by atoms with Crippen LogP contribution in [0.25, 0.3) is 0 Å². The molecule has 1 saturated carbocycles. The fraction of sp³-hybridized carbons (Fsp3) is 0.286. The number of carbonyl (C=O) groups is 1. The third-order valence-electron chi connectivity index (χ3n) is 3.29. The van der Waals surface area contributed by atoms with Gasteiger partial charge in [-0.25, -0.2) is 0 Å². The summed E-state index contributed by atoms with van der Waals surface area (Å²) in [6, 6.07) is 3.17. The Labute approximate surface area is 125 Å². The van der Waals surface area contributed by atoms with Crippen molar-refractivity contribution in [3.05, 3.63) is 45.3 Å². The summed E-state index contributed by atoms with van der Waals surface area (Å²) in [6.07, 6.45) is 3.48. The molecular weight excluding hydrogens is 301 g/mol. The normalized spacial score (nSPS) is 14.3. The fourth-order valence-electron chi connectivity index (χ4n) is 2.10. The first-order chi connectivity index (χ1) is 9.63. The minimum absolute atomic E-state index is 0.202. The molecule has 2 aromatic rings. The van der Waals surface area contributed by atoms with Gasteiger partial charge in [-0.15, -0.1) is 0 Å². The number of benzene rings is 1. The highest BCUT2D eigenvalue weighted by Crippen LogP contribution is 2.43. The van der Waals surface area contributed by atoms with Crippen molar-refractivity contribution < 1.29 is 14.1 Å². The van der Waals surface area contributed by atoms with Gasteiger partial charge >= 0.3 is 0 Å². The van der Waals surface area contributed by atoms with Crippen molar-refractivity contribution in [2.24, 2.45) is 0 Å². The molecule has 0 atom stereocenters. The lowest BCUT2D eigenvalue weighted by atomic mass is 10.0. The Balaban J connectivity index is 2.04. The molecule has 1 aromatic heterocycles. The Kier molecular flexibility index (Phi) is 3.44. The number of ketones is 1. The Hall–Kier alpha value is -1.52. The first kappa shape index (κ1) is 13.5. The molecule has 0 bridgehead atoms. The van der Waals surface area contributed by atoms with E-state index in [9.17, 15) is 4.79 Å². The zero-order valence-corrected chi connectivity index (χ0v) is 12.2. The van der Waals surface area contributed by atoms with E-state index < -0.39 is 0 Å². The van der Waals surface area contributed by atoms with E-state index in [0.29, 0.717) is 33.6 Å². The van der Waals surface area contributed by atoms with Gasteiger partial charge in [0.05, 0.1) is 28.9 Å². The van der Waals surface area contributed by atoms with Crippen LogP contribution in [0, 0.1) is 0 Å². The standard InChI is InChI=1S/C14H11Cl2NO3/c1-19-14-10(15)5-4-8(11(14)16)12(18)9-6-17-20-13(9)7-2-3-7/h4-7H,2-3H2,1H3. The molecule has 0 N–H and O–H groups in total. The van der Waals surface area contributed by atoms with E-state index >= 15 is 0 Å². The summed E-state index contributed by atoms with van der Waals surface area (Å²) in [5.41, 5.74) is 0.789. The van der Waals surface area contributed by atoms with Crippen molar-refractivity contribution in [3.8, 4) is 5.75 Å². The van der Waals surface area contributed by atoms with Crippen LogP contribution in [-0.4, -0.2) is 18.0 Å². The van der Waals surface area contributed by atoms with Gasteiger partial charge in [0.15, 0.2) is 17.3 Å². The van der Waals surface area contributed by atoms with Crippen LogP contribution in [0.5, 0.6) is 5.75 Å². The maximum atomic E-state index is 12.6. The average molecular weight is 312 g/mol. The molecule has 6 heteroatoms. The summed E-state index contributed by atoms with van der Waals surface area (Å²) in [5, 5.41) is 4.29. The van der Waals surface area contributed by atoms with Crippen LogP contribution in [0.2, 0.25) is 10.0 Å². The van der Waals surface area contributed by atoms with Crippen molar-refractivity contribution in [2.75, 3.05) is 7.11 Å². The van der Waals surface area contributed by atoms with Gasteiger partial charge in [-0.1, -0.05) is 28.4 Å². The second-order valence-electron chi connectivity index (χ2n) is 4.65. The smallest absolute Gasteiger partial charge is 0.199 e. The maximum Gasteiger partial charge on any atom is 0.199 e. The van der Waals surface area contributed by atoms with Crippen molar-refractivity contribution in [2.45, 2.75) is 18.8 Å². The molecule has 0 aliphatic heterocycles. The monoisotopic (exact) mass is 311 g/mol.